The Morgan fingerprint density at radius 2 is 2.50 bits per heavy atom. The lowest BCUT2D eigenvalue weighted by atomic mass is 9.93. The summed E-state index contributed by atoms with van der Waals surface area (Å²) in [5.74, 6) is 0.556. The quantitative estimate of drug-likeness (QED) is 0.912. The third kappa shape index (κ3) is 2.79. The molecule has 0 aromatic carbocycles. The molecule has 1 N–H and O–H groups in total. The van der Waals surface area contributed by atoms with E-state index in [0.29, 0.717) is 5.92 Å². The van der Waals surface area contributed by atoms with Gasteiger partial charge in [0.2, 0.25) is 0 Å². The third-order valence-corrected chi connectivity index (χ3v) is 5.39. The van der Waals surface area contributed by atoms with E-state index in [1.807, 2.05) is 7.05 Å². The molecule has 2 nitrogen and oxygen atoms in total. The van der Waals surface area contributed by atoms with Gasteiger partial charge in [-0.1, -0.05) is 11.6 Å². The summed E-state index contributed by atoms with van der Waals surface area (Å²) in [5, 5.41) is 3.24. The van der Waals surface area contributed by atoms with Crippen LogP contribution in [-0.2, 0) is 4.74 Å². The molecule has 5 heteroatoms. The minimum absolute atomic E-state index is 0.204. The minimum Gasteiger partial charge on any atom is -0.372 e. The van der Waals surface area contributed by atoms with Crippen molar-refractivity contribution in [1.29, 1.82) is 0 Å². The van der Waals surface area contributed by atoms with Gasteiger partial charge in [0.15, 0.2) is 0 Å². The molecular formula is C11H15BrClNOS. The topological polar surface area (TPSA) is 21.3 Å². The Morgan fingerprint density at radius 1 is 1.69 bits per heavy atom. The van der Waals surface area contributed by atoms with E-state index >= 15 is 0 Å². The second-order valence-corrected chi connectivity index (χ2v) is 6.56. The van der Waals surface area contributed by atoms with Crippen LogP contribution in [0.2, 0.25) is 4.34 Å². The lowest BCUT2D eigenvalue weighted by Gasteiger charge is -2.30. The SMILES string of the molecule is CNCC1CCCOC1c1cc(Br)c(Cl)s1. The van der Waals surface area contributed by atoms with Crippen LogP contribution in [0, 0.1) is 5.92 Å². The summed E-state index contributed by atoms with van der Waals surface area (Å²) in [6.07, 6.45) is 2.58. The molecule has 0 bridgehead atoms. The predicted octanol–water partition coefficient (Wildman–Crippen LogP) is 3.85. The van der Waals surface area contributed by atoms with Gasteiger partial charge in [-0.05, 0) is 41.9 Å². The predicted molar refractivity (Wildman–Crippen MR) is 72.4 cm³/mol. The molecular weight excluding hydrogens is 310 g/mol. The van der Waals surface area contributed by atoms with Gasteiger partial charge in [0, 0.05) is 28.4 Å². The molecule has 0 aliphatic carbocycles. The molecule has 90 valence electrons. The number of hydrogen-bond donors (Lipinski definition) is 1. The average Bonchev–Trinajstić information content (AvgIpc) is 2.60. The first-order valence-electron chi connectivity index (χ1n) is 5.43. The third-order valence-electron chi connectivity index (χ3n) is 2.86. The van der Waals surface area contributed by atoms with Crippen LogP contribution in [0.25, 0.3) is 0 Å². The molecule has 2 rings (SSSR count). The Morgan fingerprint density at radius 3 is 3.12 bits per heavy atom. The molecule has 2 atom stereocenters. The molecule has 2 unspecified atom stereocenters. The van der Waals surface area contributed by atoms with Crippen molar-refractivity contribution in [2.75, 3.05) is 20.2 Å². The van der Waals surface area contributed by atoms with E-state index in [9.17, 15) is 0 Å². The normalized spacial score (nSPS) is 25.9. The van der Waals surface area contributed by atoms with Gasteiger partial charge in [-0.25, -0.2) is 0 Å². The van der Waals surface area contributed by atoms with E-state index in [1.165, 1.54) is 11.3 Å². The first-order chi connectivity index (χ1) is 7.72. The van der Waals surface area contributed by atoms with Crippen LogP contribution < -0.4 is 5.32 Å². The Bertz CT molecular complexity index is 336. The molecule has 1 aliphatic rings. The van der Waals surface area contributed by atoms with Crippen LogP contribution >= 0.6 is 38.9 Å². The fourth-order valence-electron chi connectivity index (χ4n) is 2.13. The van der Waals surface area contributed by atoms with E-state index in [2.05, 4.69) is 27.3 Å². The summed E-state index contributed by atoms with van der Waals surface area (Å²) in [4.78, 5) is 1.23. The van der Waals surface area contributed by atoms with Crippen LogP contribution in [0.3, 0.4) is 0 Å². The Labute approximate surface area is 113 Å². The zero-order valence-corrected chi connectivity index (χ0v) is 12.3. The van der Waals surface area contributed by atoms with Crippen molar-refractivity contribution in [2.45, 2.75) is 18.9 Å². The van der Waals surface area contributed by atoms with Crippen LogP contribution in [0.1, 0.15) is 23.8 Å². The maximum atomic E-state index is 6.07. The second-order valence-electron chi connectivity index (χ2n) is 4.02. The van der Waals surface area contributed by atoms with E-state index < -0.39 is 0 Å². The minimum atomic E-state index is 0.204. The second kappa shape index (κ2) is 5.83. The van der Waals surface area contributed by atoms with Crippen LogP contribution in [-0.4, -0.2) is 20.2 Å². The van der Waals surface area contributed by atoms with E-state index in [1.54, 1.807) is 11.3 Å². The first-order valence-corrected chi connectivity index (χ1v) is 7.42. The fourth-order valence-corrected chi connectivity index (χ4v) is 4.01. The fraction of sp³-hybridized carbons (Fsp3) is 0.636. The Balaban J connectivity index is 2.16. The molecule has 0 amide bonds. The molecule has 1 aliphatic heterocycles. The van der Waals surface area contributed by atoms with Gasteiger partial charge in [0.1, 0.15) is 4.34 Å². The maximum Gasteiger partial charge on any atom is 0.107 e. The molecule has 0 saturated carbocycles. The zero-order valence-electron chi connectivity index (χ0n) is 9.13. The molecule has 0 spiro atoms. The molecule has 1 saturated heterocycles. The van der Waals surface area contributed by atoms with E-state index in [4.69, 9.17) is 16.3 Å². The molecule has 2 heterocycles. The lowest BCUT2D eigenvalue weighted by Crippen LogP contribution is -2.29. The largest absolute Gasteiger partial charge is 0.372 e. The van der Waals surface area contributed by atoms with Crippen molar-refractivity contribution >= 4 is 38.9 Å². The summed E-state index contributed by atoms with van der Waals surface area (Å²) in [5.41, 5.74) is 0. The van der Waals surface area contributed by atoms with Crippen molar-refractivity contribution in [3.63, 3.8) is 0 Å². The summed E-state index contributed by atoms with van der Waals surface area (Å²) < 4.78 is 7.68. The van der Waals surface area contributed by atoms with E-state index in [-0.39, 0.29) is 6.10 Å². The highest BCUT2D eigenvalue weighted by Crippen LogP contribution is 2.41. The first kappa shape index (κ1) is 12.8. The van der Waals surface area contributed by atoms with Gasteiger partial charge in [-0.15, -0.1) is 11.3 Å². The Kier molecular flexibility index (Phi) is 4.67. The summed E-state index contributed by atoms with van der Waals surface area (Å²) in [7, 11) is 1.99. The van der Waals surface area contributed by atoms with Crippen LogP contribution in [0.5, 0.6) is 0 Å². The van der Waals surface area contributed by atoms with Gasteiger partial charge in [0.25, 0.3) is 0 Å². The highest BCUT2D eigenvalue weighted by Gasteiger charge is 2.28. The van der Waals surface area contributed by atoms with Crippen molar-refractivity contribution in [1.82, 2.24) is 5.32 Å². The number of thiophene rings is 1. The van der Waals surface area contributed by atoms with Gasteiger partial charge < -0.3 is 10.1 Å². The Hall–Kier alpha value is 0.390. The van der Waals surface area contributed by atoms with E-state index in [0.717, 1.165) is 28.4 Å². The van der Waals surface area contributed by atoms with Gasteiger partial charge in [-0.3, -0.25) is 0 Å². The van der Waals surface area contributed by atoms with Gasteiger partial charge in [0.05, 0.1) is 6.10 Å². The number of halogens is 2. The standard InChI is InChI=1S/C11H15BrClNOS/c1-14-6-7-3-2-4-15-10(7)9-5-8(12)11(13)16-9/h5,7,10,14H,2-4,6H2,1H3. The van der Waals surface area contributed by atoms with Crippen LogP contribution in [0.4, 0.5) is 0 Å². The summed E-state index contributed by atoms with van der Waals surface area (Å²) in [6.45, 7) is 1.86. The molecule has 0 radical (unpaired) electrons. The average molecular weight is 325 g/mol. The van der Waals surface area contributed by atoms with Crippen molar-refractivity contribution in [3.05, 3.63) is 19.8 Å². The highest BCUT2D eigenvalue weighted by atomic mass is 79.9. The maximum absolute atomic E-state index is 6.07. The molecule has 1 aromatic rings. The van der Waals surface area contributed by atoms with Crippen molar-refractivity contribution in [2.24, 2.45) is 5.92 Å². The summed E-state index contributed by atoms with van der Waals surface area (Å²) in [6, 6.07) is 2.09. The van der Waals surface area contributed by atoms with Crippen molar-refractivity contribution < 1.29 is 4.74 Å². The number of rotatable bonds is 3. The van der Waals surface area contributed by atoms with Gasteiger partial charge >= 0.3 is 0 Å². The number of hydrogen-bond acceptors (Lipinski definition) is 3. The number of ether oxygens (including phenoxy) is 1. The monoisotopic (exact) mass is 323 g/mol. The highest BCUT2D eigenvalue weighted by molar-refractivity contribution is 9.10. The van der Waals surface area contributed by atoms with Crippen LogP contribution in [0.15, 0.2) is 10.5 Å². The smallest absolute Gasteiger partial charge is 0.107 e. The number of nitrogens with one attached hydrogen (secondary N) is 1. The van der Waals surface area contributed by atoms with Crippen molar-refractivity contribution in [3.8, 4) is 0 Å². The molecule has 1 fully saturated rings. The summed E-state index contributed by atoms with van der Waals surface area (Å²) >= 11 is 11.1. The zero-order chi connectivity index (χ0) is 11.5. The molecule has 1 aromatic heterocycles. The lowest BCUT2D eigenvalue weighted by molar-refractivity contribution is -0.0251. The molecule has 16 heavy (non-hydrogen) atoms. The van der Waals surface area contributed by atoms with Gasteiger partial charge in [-0.2, -0.15) is 0 Å².